The van der Waals surface area contributed by atoms with Crippen LogP contribution in [0.3, 0.4) is 0 Å². The van der Waals surface area contributed by atoms with Crippen LogP contribution in [0.4, 0.5) is 0 Å². The van der Waals surface area contributed by atoms with Crippen molar-refractivity contribution in [2.24, 2.45) is 0 Å². The van der Waals surface area contributed by atoms with Crippen LogP contribution in [0, 0.1) is 0 Å². The standard InChI is InChI=1S/C18H29NO2Si/c1-18(2,3)22(4,5)21-16-11-12-17(20)19-15(16)13-14-9-7-6-8-10-14/h6-10,15-16H,11-13H2,1-5H3,(H,19,20)/t15-,16+/m0/s1. The van der Waals surface area contributed by atoms with Gasteiger partial charge in [0.2, 0.25) is 5.91 Å². The summed E-state index contributed by atoms with van der Waals surface area (Å²) in [6, 6.07) is 10.4. The summed E-state index contributed by atoms with van der Waals surface area (Å²) in [5, 5.41) is 3.33. The summed E-state index contributed by atoms with van der Waals surface area (Å²) >= 11 is 0. The van der Waals surface area contributed by atoms with Crippen LogP contribution in [0.1, 0.15) is 39.2 Å². The topological polar surface area (TPSA) is 38.3 Å². The first-order valence-corrected chi connectivity index (χ1v) is 11.1. The van der Waals surface area contributed by atoms with E-state index in [1.54, 1.807) is 0 Å². The molecule has 4 heteroatoms. The van der Waals surface area contributed by atoms with Crippen LogP contribution in [0.5, 0.6) is 0 Å². The predicted molar refractivity (Wildman–Crippen MR) is 93.4 cm³/mol. The van der Waals surface area contributed by atoms with Gasteiger partial charge in [-0.2, -0.15) is 0 Å². The SMILES string of the molecule is CC(C)(C)[Si](C)(C)O[C@@H]1CCC(=O)N[C@H]1Cc1ccccc1. The van der Waals surface area contributed by atoms with E-state index in [1.165, 1.54) is 5.56 Å². The maximum atomic E-state index is 11.8. The normalized spacial score (nSPS) is 23.2. The molecule has 1 fully saturated rings. The molecule has 1 aromatic rings. The molecule has 1 aliphatic heterocycles. The number of benzene rings is 1. The van der Waals surface area contributed by atoms with Crippen LogP contribution in [0.25, 0.3) is 0 Å². The van der Waals surface area contributed by atoms with Crippen LogP contribution in [0.15, 0.2) is 30.3 Å². The van der Waals surface area contributed by atoms with Gasteiger partial charge in [-0.25, -0.2) is 0 Å². The Labute approximate surface area is 135 Å². The molecule has 2 rings (SSSR count). The van der Waals surface area contributed by atoms with E-state index in [-0.39, 0.29) is 23.1 Å². The van der Waals surface area contributed by atoms with Crippen LogP contribution in [-0.4, -0.2) is 26.4 Å². The van der Waals surface area contributed by atoms with Crippen LogP contribution >= 0.6 is 0 Å². The van der Waals surface area contributed by atoms with Crippen LogP contribution in [0.2, 0.25) is 18.1 Å². The first kappa shape index (κ1) is 17.2. The highest BCUT2D eigenvalue weighted by atomic mass is 28.4. The summed E-state index contributed by atoms with van der Waals surface area (Å²) in [7, 11) is -1.82. The van der Waals surface area contributed by atoms with E-state index in [0.29, 0.717) is 6.42 Å². The molecule has 3 nitrogen and oxygen atoms in total. The first-order valence-electron chi connectivity index (χ1n) is 8.20. The monoisotopic (exact) mass is 319 g/mol. The summed E-state index contributed by atoms with van der Waals surface area (Å²) in [4.78, 5) is 11.8. The minimum absolute atomic E-state index is 0.0813. The smallest absolute Gasteiger partial charge is 0.220 e. The highest BCUT2D eigenvalue weighted by Crippen LogP contribution is 2.38. The van der Waals surface area contributed by atoms with E-state index >= 15 is 0 Å². The number of rotatable bonds is 4. The molecule has 0 radical (unpaired) electrons. The molecule has 1 saturated heterocycles. The summed E-state index contributed by atoms with van der Waals surface area (Å²) in [5.41, 5.74) is 1.25. The Hall–Kier alpha value is -1.13. The second-order valence-corrected chi connectivity index (χ2v) is 12.6. The molecular formula is C18H29NO2Si. The van der Waals surface area contributed by atoms with Crippen molar-refractivity contribution in [1.29, 1.82) is 0 Å². The van der Waals surface area contributed by atoms with Crippen molar-refractivity contribution < 1.29 is 9.22 Å². The highest BCUT2D eigenvalue weighted by Gasteiger charge is 2.42. The Balaban J connectivity index is 2.12. The molecule has 1 aliphatic rings. The molecule has 0 saturated carbocycles. The molecule has 1 heterocycles. The van der Waals surface area contributed by atoms with E-state index in [0.717, 1.165) is 12.8 Å². The van der Waals surface area contributed by atoms with Crippen molar-refractivity contribution >= 4 is 14.2 Å². The molecule has 22 heavy (non-hydrogen) atoms. The molecule has 0 bridgehead atoms. The molecule has 0 unspecified atom stereocenters. The Morgan fingerprint density at radius 3 is 2.45 bits per heavy atom. The first-order chi connectivity index (χ1) is 10.2. The van der Waals surface area contributed by atoms with Gasteiger partial charge < -0.3 is 9.74 Å². The quantitative estimate of drug-likeness (QED) is 0.855. The predicted octanol–water partition coefficient (Wildman–Crippen LogP) is 3.90. The molecular weight excluding hydrogens is 290 g/mol. The molecule has 0 spiro atoms. The Bertz CT molecular complexity index is 508. The lowest BCUT2D eigenvalue weighted by molar-refractivity contribution is -0.125. The second kappa shape index (κ2) is 6.55. The van der Waals surface area contributed by atoms with Gasteiger partial charge in [-0.3, -0.25) is 4.79 Å². The molecule has 1 N–H and O–H groups in total. The summed E-state index contributed by atoms with van der Waals surface area (Å²) < 4.78 is 6.60. The van der Waals surface area contributed by atoms with Crippen LogP contribution < -0.4 is 5.32 Å². The lowest BCUT2D eigenvalue weighted by Gasteiger charge is -2.43. The third-order valence-electron chi connectivity index (χ3n) is 5.00. The zero-order chi connectivity index (χ0) is 16.4. The fraction of sp³-hybridized carbons (Fsp3) is 0.611. The Morgan fingerprint density at radius 2 is 1.86 bits per heavy atom. The number of amides is 1. The van der Waals surface area contributed by atoms with Crippen molar-refractivity contribution in [3.63, 3.8) is 0 Å². The zero-order valence-electron chi connectivity index (χ0n) is 14.5. The minimum Gasteiger partial charge on any atom is -0.412 e. The number of hydrogen-bond donors (Lipinski definition) is 1. The van der Waals surface area contributed by atoms with Gasteiger partial charge in [-0.1, -0.05) is 51.1 Å². The van der Waals surface area contributed by atoms with Gasteiger partial charge in [0, 0.05) is 6.42 Å². The van der Waals surface area contributed by atoms with Gasteiger partial charge in [0.25, 0.3) is 0 Å². The maximum Gasteiger partial charge on any atom is 0.220 e. The van der Waals surface area contributed by atoms with Gasteiger partial charge in [0.1, 0.15) is 0 Å². The van der Waals surface area contributed by atoms with E-state index in [4.69, 9.17) is 4.43 Å². The van der Waals surface area contributed by atoms with Crippen molar-refractivity contribution in [3.05, 3.63) is 35.9 Å². The largest absolute Gasteiger partial charge is 0.412 e. The van der Waals surface area contributed by atoms with E-state index in [2.05, 4.69) is 51.3 Å². The van der Waals surface area contributed by atoms with Gasteiger partial charge in [-0.05, 0) is 36.5 Å². The zero-order valence-corrected chi connectivity index (χ0v) is 15.5. The third kappa shape index (κ3) is 4.20. The number of nitrogens with one attached hydrogen (secondary N) is 1. The molecule has 2 atom stereocenters. The summed E-state index contributed by atoms with van der Waals surface area (Å²) in [5.74, 6) is 0.149. The van der Waals surface area contributed by atoms with Gasteiger partial charge >= 0.3 is 0 Å². The van der Waals surface area contributed by atoms with Gasteiger partial charge in [0.05, 0.1) is 12.1 Å². The average molecular weight is 320 g/mol. The van der Waals surface area contributed by atoms with Crippen LogP contribution in [-0.2, 0) is 15.6 Å². The molecule has 0 aromatic heterocycles. The number of carbonyl (C=O) groups is 1. The maximum absolute atomic E-state index is 11.8. The molecule has 122 valence electrons. The Morgan fingerprint density at radius 1 is 1.23 bits per heavy atom. The Kier molecular flexibility index (Phi) is 5.13. The highest BCUT2D eigenvalue weighted by molar-refractivity contribution is 6.74. The molecule has 1 aromatic carbocycles. The molecule has 1 amide bonds. The van der Waals surface area contributed by atoms with Gasteiger partial charge in [-0.15, -0.1) is 0 Å². The van der Waals surface area contributed by atoms with Crippen molar-refractivity contribution in [2.45, 2.75) is 70.3 Å². The van der Waals surface area contributed by atoms with E-state index in [1.807, 2.05) is 18.2 Å². The van der Waals surface area contributed by atoms with Gasteiger partial charge in [0.15, 0.2) is 8.32 Å². The molecule has 0 aliphatic carbocycles. The summed E-state index contributed by atoms with van der Waals surface area (Å²) in [6.07, 6.45) is 2.37. The summed E-state index contributed by atoms with van der Waals surface area (Å²) in [6.45, 7) is 11.3. The minimum atomic E-state index is -1.82. The second-order valence-electron chi connectivity index (χ2n) is 7.82. The fourth-order valence-corrected chi connectivity index (χ4v) is 3.99. The van der Waals surface area contributed by atoms with E-state index in [9.17, 15) is 4.79 Å². The number of hydrogen-bond acceptors (Lipinski definition) is 2. The fourth-order valence-electron chi connectivity index (χ4n) is 2.59. The van der Waals surface area contributed by atoms with Crippen molar-refractivity contribution in [1.82, 2.24) is 5.32 Å². The third-order valence-corrected chi connectivity index (χ3v) is 9.51. The van der Waals surface area contributed by atoms with Crippen molar-refractivity contribution in [2.75, 3.05) is 0 Å². The lowest BCUT2D eigenvalue weighted by atomic mass is 9.95. The van der Waals surface area contributed by atoms with E-state index < -0.39 is 8.32 Å². The number of carbonyl (C=O) groups excluding carboxylic acids is 1. The lowest BCUT2D eigenvalue weighted by Crippen LogP contribution is -2.55. The van der Waals surface area contributed by atoms with Crippen molar-refractivity contribution in [3.8, 4) is 0 Å². The average Bonchev–Trinajstić information content (AvgIpc) is 2.41. The number of piperidine rings is 1.